The van der Waals surface area contributed by atoms with Gasteiger partial charge in [0.05, 0.1) is 5.71 Å². The summed E-state index contributed by atoms with van der Waals surface area (Å²) in [4.78, 5) is 17.5. The molecular weight excluding hydrogens is 302 g/mol. The summed E-state index contributed by atoms with van der Waals surface area (Å²) in [5.41, 5.74) is 3.64. The first-order chi connectivity index (χ1) is 11.3. The molecule has 1 amide bonds. The van der Waals surface area contributed by atoms with Crippen molar-refractivity contribution in [1.82, 2.24) is 10.2 Å². The van der Waals surface area contributed by atoms with Gasteiger partial charge in [-0.3, -0.25) is 9.79 Å². The summed E-state index contributed by atoms with van der Waals surface area (Å²) < 4.78 is 0. The van der Waals surface area contributed by atoms with Crippen LogP contribution in [0.2, 0.25) is 0 Å². The number of phenols is 1. The van der Waals surface area contributed by atoms with Gasteiger partial charge in [0.2, 0.25) is 5.91 Å². The van der Waals surface area contributed by atoms with Crippen LogP contribution in [-0.4, -0.2) is 49.8 Å². The standard InChI is InChI=1S/C19H25N3O2/c1-13(11-19(24)21-4)15-8-9-16(18(23)12-15)17(20-3)10-7-14(2)22(5)6/h7-12,23H,2H2,1,3-6H3,(H,21,24)/b10-7-,13-11+,20-17+. The molecule has 0 radical (unpaired) electrons. The number of aliphatic imine (C=N–C) groups is 1. The second-order valence-electron chi connectivity index (χ2n) is 5.50. The van der Waals surface area contributed by atoms with Crippen molar-refractivity contribution < 1.29 is 9.90 Å². The summed E-state index contributed by atoms with van der Waals surface area (Å²) in [5.74, 6) is -0.0742. The van der Waals surface area contributed by atoms with Crippen LogP contribution in [0.1, 0.15) is 18.1 Å². The molecule has 1 rings (SSSR count). The normalized spacial score (nSPS) is 12.4. The van der Waals surface area contributed by atoms with Crippen molar-refractivity contribution in [3.63, 3.8) is 0 Å². The number of nitrogens with one attached hydrogen (secondary N) is 1. The predicted octanol–water partition coefficient (Wildman–Crippen LogP) is 2.59. The number of phenolic OH excluding ortho intramolecular Hbond substituents is 1. The van der Waals surface area contributed by atoms with Crippen LogP contribution in [0.25, 0.3) is 5.57 Å². The Morgan fingerprint density at radius 1 is 1.33 bits per heavy atom. The second-order valence-corrected chi connectivity index (χ2v) is 5.50. The van der Waals surface area contributed by atoms with Crippen molar-refractivity contribution in [2.24, 2.45) is 4.99 Å². The molecule has 0 saturated carbocycles. The lowest BCUT2D eigenvalue weighted by atomic mass is 10.0. The number of hydrogen-bond acceptors (Lipinski definition) is 4. The molecule has 0 aliphatic carbocycles. The summed E-state index contributed by atoms with van der Waals surface area (Å²) in [6.45, 7) is 5.74. The number of aromatic hydroxyl groups is 1. The Hall–Kier alpha value is -2.82. The lowest BCUT2D eigenvalue weighted by molar-refractivity contribution is -0.116. The molecule has 0 bridgehead atoms. The van der Waals surface area contributed by atoms with Crippen LogP contribution in [0.3, 0.4) is 0 Å². The number of likely N-dealkylation sites (N-methyl/N-ethyl adjacent to an activating group) is 2. The van der Waals surface area contributed by atoms with Crippen LogP contribution in [0.4, 0.5) is 0 Å². The highest BCUT2D eigenvalue weighted by molar-refractivity contribution is 6.10. The van der Waals surface area contributed by atoms with Gasteiger partial charge < -0.3 is 15.3 Å². The van der Waals surface area contributed by atoms with Crippen molar-refractivity contribution in [2.75, 3.05) is 28.2 Å². The molecule has 2 N–H and O–H groups in total. The molecule has 0 aliphatic rings. The second kappa shape index (κ2) is 8.72. The monoisotopic (exact) mass is 327 g/mol. The lowest BCUT2D eigenvalue weighted by Crippen LogP contribution is -2.14. The molecule has 128 valence electrons. The molecule has 0 aromatic heterocycles. The van der Waals surface area contributed by atoms with E-state index in [0.29, 0.717) is 11.3 Å². The quantitative estimate of drug-likeness (QED) is 0.479. The van der Waals surface area contributed by atoms with Crippen LogP contribution in [0.15, 0.2) is 53.7 Å². The zero-order chi connectivity index (χ0) is 18.3. The van der Waals surface area contributed by atoms with Gasteiger partial charge in [-0.05, 0) is 42.3 Å². The van der Waals surface area contributed by atoms with E-state index in [4.69, 9.17) is 0 Å². The van der Waals surface area contributed by atoms with Crippen molar-refractivity contribution >= 4 is 17.2 Å². The molecule has 5 nitrogen and oxygen atoms in total. The Balaban J connectivity index is 3.12. The van der Waals surface area contributed by atoms with Gasteiger partial charge in [0.15, 0.2) is 0 Å². The highest BCUT2D eigenvalue weighted by atomic mass is 16.3. The molecule has 0 aliphatic heterocycles. The number of nitrogens with zero attached hydrogens (tertiary/aromatic N) is 2. The molecule has 0 heterocycles. The molecule has 0 atom stereocenters. The van der Waals surface area contributed by atoms with Crippen LogP contribution >= 0.6 is 0 Å². The molecular formula is C19H25N3O2. The van der Waals surface area contributed by atoms with E-state index in [-0.39, 0.29) is 11.7 Å². The Morgan fingerprint density at radius 2 is 2.00 bits per heavy atom. The molecule has 1 aromatic rings. The third-order valence-corrected chi connectivity index (χ3v) is 3.57. The Morgan fingerprint density at radius 3 is 2.50 bits per heavy atom. The summed E-state index contributed by atoms with van der Waals surface area (Å²) in [6, 6.07) is 5.27. The van der Waals surface area contributed by atoms with Gasteiger partial charge in [-0.25, -0.2) is 0 Å². The van der Waals surface area contributed by atoms with Crippen LogP contribution in [0, 0.1) is 0 Å². The van der Waals surface area contributed by atoms with Gasteiger partial charge >= 0.3 is 0 Å². The number of hydrogen-bond donors (Lipinski definition) is 2. The lowest BCUT2D eigenvalue weighted by Gasteiger charge is -2.12. The summed E-state index contributed by atoms with van der Waals surface area (Å²) in [5, 5.41) is 12.9. The van der Waals surface area contributed by atoms with Gasteiger partial charge in [-0.15, -0.1) is 0 Å². The molecule has 1 aromatic carbocycles. The topological polar surface area (TPSA) is 64.9 Å². The largest absolute Gasteiger partial charge is 0.507 e. The van der Waals surface area contributed by atoms with Crippen LogP contribution in [0.5, 0.6) is 5.75 Å². The third-order valence-electron chi connectivity index (χ3n) is 3.57. The number of allylic oxidation sites excluding steroid dienone is 3. The van der Waals surface area contributed by atoms with Crippen LogP contribution in [-0.2, 0) is 4.79 Å². The highest BCUT2D eigenvalue weighted by Gasteiger charge is 2.09. The molecule has 0 fully saturated rings. The molecule has 24 heavy (non-hydrogen) atoms. The van der Waals surface area contributed by atoms with E-state index >= 15 is 0 Å². The van der Waals surface area contributed by atoms with Gasteiger partial charge in [0, 0.05) is 45.5 Å². The molecule has 0 unspecified atom stereocenters. The number of rotatable bonds is 6. The number of carbonyl (C=O) groups is 1. The van der Waals surface area contributed by atoms with E-state index < -0.39 is 0 Å². The fourth-order valence-electron chi connectivity index (χ4n) is 1.95. The Kier molecular flexibility index (Phi) is 6.98. The summed E-state index contributed by atoms with van der Waals surface area (Å²) in [6.07, 6.45) is 5.14. The van der Waals surface area contributed by atoms with Gasteiger partial charge in [-0.2, -0.15) is 0 Å². The van der Waals surface area contributed by atoms with Crippen molar-refractivity contribution in [3.05, 3.63) is 59.8 Å². The first kappa shape index (κ1) is 19.2. The first-order valence-corrected chi connectivity index (χ1v) is 7.55. The zero-order valence-corrected chi connectivity index (χ0v) is 14.9. The minimum absolute atomic E-state index is 0.109. The van der Waals surface area contributed by atoms with Gasteiger partial charge in [-0.1, -0.05) is 12.6 Å². The maximum Gasteiger partial charge on any atom is 0.244 e. The van der Waals surface area contributed by atoms with E-state index in [1.54, 1.807) is 26.2 Å². The predicted molar refractivity (Wildman–Crippen MR) is 100 cm³/mol. The minimum Gasteiger partial charge on any atom is -0.507 e. The van der Waals surface area contributed by atoms with E-state index in [1.165, 1.54) is 6.08 Å². The van der Waals surface area contributed by atoms with E-state index in [0.717, 1.165) is 16.8 Å². The maximum atomic E-state index is 11.4. The van der Waals surface area contributed by atoms with Crippen LogP contribution < -0.4 is 5.32 Å². The third kappa shape index (κ3) is 5.12. The van der Waals surface area contributed by atoms with Crippen molar-refractivity contribution in [2.45, 2.75) is 6.92 Å². The van der Waals surface area contributed by atoms with Crippen molar-refractivity contribution in [3.8, 4) is 5.75 Å². The summed E-state index contributed by atoms with van der Waals surface area (Å²) in [7, 11) is 7.05. The molecule has 5 heteroatoms. The van der Waals surface area contributed by atoms with E-state index in [2.05, 4.69) is 16.9 Å². The number of carbonyl (C=O) groups excluding carboxylic acids is 1. The molecule has 0 saturated heterocycles. The highest BCUT2D eigenvalue weighted by Crippen LogP contribution is 2.24. The zero-order valence-electron chi connectivity index (χ0n) is 14.9. The first-order valence-electron chi connectivity index (χ1n) is 7.55. The Labute approximate surface area is 143 Å². The fourth-order valence-corrected chi connectivity index (χ4v) is 1.95. The maximum absolute atomic E-state index is 11.4. The summed E-state index contributed by atoms with van der Waals surface area (Å²) >= 11 is 0. The van der Waals surface area contributed by atoms with Crippen molar-refractivity contribution in [1.29, 1.82) is 0 Å². The fraction of sp³-hybridized carbons (Fsp3) is 0.263. The van der Waals surface area contributed by atoms with Gasteiger partial charge in [0.25, 0.3) is 0 Å². The Bertz CT molecular complexity index is 713. The average Bonchev–Trinajstić information content (AvgIpc) is 2.55. The number of amides is 1. The average molecular weight is 327 g/mol. The van der Waals surface area contributed by atoms with E-state index in [9.17, 15) is 9.90 Å². The van der Waals surface area contributed by atoms with E-state index in [1.807, 2.05) is 44.1 Å². The smallest absolute Gasteiger partial charge is 0.244 e. The molecule has 0 spiro atoms. The number of benzene rings is 1. The van der Waals surface area contributed by atoms with Gasteiger partial charge in [0.1, 0.15) is 5.75 Å². The SMILES string of the molecule is C=C(/C=C\C(=N/C)c1ccc(/C(C)=C/C(=O)NC)cc1O)N(C)C. The minimum atomic E-state index is -0.183.